The van der Waals surface area contributed by atoms with Crippen LogP contribution < -0.4 is 0 Å². The van der Waals surface area contributed by atoms with Gasteiger partial charge in [0.15, 0.2) is 12.2 Å². The monoisotopic (exact) mass is 1130 g/mol. The van der Waals surface area contributed by atoms with Crippen molar-refractivity contribution in [2.24, 2.45) is 0 Å². The lowest BCUT2D eigenvalue weighted by Gasteiger charge is -2.21. The van der Waals surface area contributed by atoms with Crippen molar-refractivity contribution < 1.29 is 80.2 Å². The largest absolute Gasteiger partial charge is 0.472 e. The second-order valence-corrected chi connectivity index (χ2v) is 23.6. The molecule has 19 heteroatoms. The van der Waals surface area contributed by atoms with E-state index in [1.807, 2.05) is 0 Å². The minimum atomic E-state index is -4.93. The van der Waals surface area contributed by atoms with Crippen molar-refractivity contribution >= 4 is 39.5 Å². The van der Waals surface area contributed by atoms with Gasteiger partial charge < -0.3 is 33.8 Å². The minimum absolute atomic E-state index is 0.0997. The average Bonchev–Trinajstić information content (AvgIpc) is 3.39. The topological polar surface area (TPSA) is 237 Å². The number of phosphoric ester groups is 2. The van der Waals surface area contributed by atoms with Gasteiger partial charge in [0.2, 0.25) is 0 Å². The lowest BCUT2D eigenvalue weighted by molar-refractivity contribution is -0.161. The van der Waals surface area contributed by atoms with E-state index in [9.17, 15) is 43.2 Å². The van der Waals surface area contributed by atoms with Crippen molar-refractivity contribution in [3.05, 3.63) is 0 Å². The van der Waals surface area contributed by atoms with E-state index in [1.54, 1.807) is 0 Å². The van der Waals surface area contributed by atoms with Gasteiger partial charge in [0.1, 0.15) is 19.3 Å². The van der Waals surface area contributed by atoms with Crippen LogP contribution in [-0.4, -0.2) is 96.7 Å². The van der Waals surface area contributed by atoms with Gasteiger partial charge in [-0.15, -0.1) is 0 Å². The van der Waals surface area contributed by atoms with Crippen molar-refractivity contribution in [1.29, 1.82) is 0 Å². The Hall–Kier alpha value is -1.94. The maximum Gasteiger partial charge on any atom is 0.472 e. The van der Waals surface area contributed by atoms with Gasteiger partial charge in [-0.1, -0.05) is 233 Å². The fourth-order valence-corrected chi connectivity index (χ4v) is 9.98. The number of aliphatic hydroxyl groups is 1. The number of ether oxygens (including phenoxy) is 4. The van der Waals surface area contributed by atoms with Crippen molar-refractivity contribution in [3.63, 3.8) is 0 Å². The molecule has 0 aliphatic carbocycles. The maximum absolute atomic E-state index is 12.9. The SMILES string of the molecule is CCCCCCCCCCCCCCCCCC(=O)OC[C@H](COP(=O)(O)OC[C@H](O)COP(=O)(O)OC[C@@H](COC(=O)CCCCCCCCCC)OC(=O)CCCCCCC)OC(=O)CCCCCCCCCC. The van der Waals surface area contributed by atoms with Gasteiger partial charge >= 0.3 is 39.5 Å². The van der Waals surface area contributed by atoms with Crippen LogP contribution in [0.1, 0.15) is 285 Å². The molecule has 0 amide bonds. The highest BCUT2D eigenvalue weighted by Gasteiger charge is 2.30. The first-order valence-corrected chi connectivity index (χ1v) is 33.3. The molecule has 17 nitrogen and oxygen atoms in total. The molecule has 0 heterocycles. The van der Waals surface area contributed by atoms with Gasteiger partial charge in [-0.3, -0.25) is 37.3 Å². The molecule has 0 aliphatic heterocycles. The summed E-state index contributed by atoms with van der Waals surface area (Å²) >= 11 is 0. The Labute approximate surface area is 460 Å². The molecular formula is C57H110O17P2. The molecule has 76 heavy (non-hydrogen) atoms. The molecule has 0 aliphatic rings. The maximum atomic E-state index is 12.9. The second-order valence-electron chi connectivity index (χ2n) is 20.7. The average molecular weight is 1130 g/mol. The fourth-order valence-electron chi connectivity index (χ4n) is 8.40. The molecule has 3 N–H and O–H groups in total. The van der Waals surface area contributed by atoms with Crippen LogP contribution in [0.15, 0.2) is 0 Å². The van der Waals surface area contributed by atoms with Crippen molar-refractivity contribution in [3.8, 4) is 0 Å². The van der Waals surface area contributed by atoms with Crippen molar-refractivity contribution in [2.75, 3.05) is 39.6 Å². The zero-order valence-electron chi connectivity index (χ0n) is 48.2. The minimum Gasteiger partial charge on any atom is -0.462 e. The van der Waals surface area contributed by atoms with Crippen LogP contribution in [-0.2, 0) is 65.4 Å². The number of phosphoric acid groups is 2. The molecule has 0 aromatic carbocycles. The Kier molecular flexibility index (Phi) is 51.1. The van der Waals surface area contributed by atoms with Gasteiger partial charge in [0.05, 0.1) is 26.4 Å². The Morgan fingerprint density at radius 1 is 0.316 bits per heavy atom. The zero-order valence-corrected chi connectivity index (χ0v) is 50.0. The lowest BCUT2D eigenvalue weighted by atomic mass is 10.0. The standard InChI is InChI=1S/C57H110O17P2/c1-5-9-13-17-20-23-24-25-26-27-28-29-32-35-38-42-55(60)68-48-53(74-57(62)44-40-36-31-22-19-15-11-7-3)50-72-76(65,66)70-46-51(58)45-69-75(63,64)71-49-52(73-56(61)43-39-33-16-12-8-4)47-67-54(59)41-37-34-30-21-18-14-10-6-2/h51-53,58H,5-50H2,1-4H3,(H,63,64)(H,65,66)/t51-,52-,53-/m1/s1. The number of aliphatic hydroxyl groups excluding tert-OH is 1. The second kappa shape index (κ2) is 52.4. The molecule has 0 rings (SSSR count). The molecule has 0 saturated carbocycles. The highest BCUT2D eigenvalue weighted by molar-refractivity contribution is 7.47. The number of esters is 4. The van der Waals surface area contributed by atoms with E-state index >= 15 is 0 Å². The molecule has 0 fully saturated rings. The quantitative estimate of drug-likeness (QED) is 0.0222. The summed E-state index contributed by atoms with van der Waals surface area (Å²) in [5.41, 5.74) is 0. The number of unbranched alkanes of at least 4 members (excludes halogenated alkanes) is 32. The van der Waals surface area contributed by atoms with Gasteiger partial charge in [-0.05, 0) is 25.7 Å². The van der Waals surface area contributed by atoms with Crippen LogP contribution in [0.5, 0.6) is 0 Å². The summed E-state index contributed by atoms with van der Waals surface area (Å²) in [5, 5.41) is 10.4. The summed E-state index contributed by atoms with van der Waals surface area (Å²) in [6, 6.07) is 0. The van der Waals surface area contributed by atoms with Crippen LogP contribution in [0, 0.1) is 0 Å². The van der Waals surface area contributed by atoms with E-state index in [4.69, 9.17) is 37.0 Å². The molecule has 0 spiro atoms. The van der Waals surface area contributed by atoms with Crippen molar-refractivity contribution in [1.82, 2.24) is 0 Å². The molecule has 0 aromatic rings. The van der Waals surface area contributed by atoms with Crippen LogP contribution in [0.2, 0.25) is 0 Å². The van der Waals surface area contributed by atoms with E-state index in [-0.39, 0.29) is 25.7 Å². The first-order chi connectivity index (χ1) is 36.7. The van der Waals surface area contributed by atoms with Gasteiger partial charge in [0, 0.05) is 25.7 Å². The van der Waals surface area contributed by atoms with E-state index in [0.717, 1.165) is 103 Å². The normalized spacial score (nSPS) is 14.4. The van der Waals surface area contributed by atoms with Gasteiger partial charge in [0.25, 0.3) is 0 Å². The Bertz CT molecular complexity index is 1490. The number of carbonyl (C=O) groups excluding carboxylic acids is 4. The van der Waals surface area contributed by atoms with Gasteiger partial charge in [-0.2, -0.15) is 0 Å². The lowest BCUT2D eigenvalue weighted by Crippen LogP contribution is -2.30. The number of rotatable bonds is 58. The molecule has 0 aromatic heterocycles. The molecule has 5 atom stereocenters. The first kappa shape index (κ1) is 74.1. The highest BCUT2D eigenvalue weighted by atomic mass is 31.2. The summed E-state index contributed by atoms with van der Waals surface area (Å²) in [7, 11) is -9.85. The van der Waals surface area contributed by atoms with E-state index in [1.165, 1.54) is 103 Å². The third kappa shape index (κ3) is 51.5. The highest BCUT2D eigenvalue weighted by Crippen LogP contribution is 2.45. The van der Waals surface area contributed by atoms with Crippen LogP contribution in [0.25, 0.3) is 0 Å². The van der Waals surface area contributed by atoms with E-state index in [0.29, 0.717) is 25.7 Å². The summed E-state index contributed by atoms with van der Waals surface area (Å²) in [5.74, 6) is -2.16. The third-order valence-corrected chi connectivity index (χ3v) is 15.0. The molecule has 450 valence electrons. The molecule has 0 radical (unpaired) electrons. The van der Waals surface area contributed by atoms with Crippen LogP contribution in [0.3, 0.4) is 0 Å². The summed E-state index contributed by atoms with van der Waals surface area (Å²) in [6.07, 6.45) is 35.4. The van der Waals surface area contributed by atoms with E-state index < -0.39 is 97.5 Å². The fraction of sp³-hybridized carbons (Fsp3) is 0.930. The summed E-state index contributed by atoms with van der Waals surface area (Å²) < 4.78 is 67.3. The summed E-state index contributed by atoms with van der Waals surface area (Å²) in [4.78, 5) is 71.4. The molecule has 0 saturated heterocycles. The molecule has 0 bridgehead atoms. The number of carbonyl (C=O) groups is 4. The van der Waals surface area contributed by atoms with E-state index in [2.05, 4.69) is 27.7 Å². The predicted molar refractivity (Wildman–Crippen MR) is 299 cm³/mol. The number of hydrogen-bond acceptors (Lipinski definition) is 15. The summed E-state index contributed by atoms with van der Waals surface area (Å²) in [6.45, 7) is 4.70. The Morgan fingerprint density at radius 3 is 0.776 bits per heavy atom. The Balaban J connectivity index is 5.08. The first-order valence-electron chi connectivity index (χ1n) is 30.3. The molecular weight excluding hydrogens is 1020 g/mol. The van der Waals surface area contributed by atoms with Crippen LogP contribution >= 0.6 is 15.6 Å². The smallest absolute Gasteiger partial charge is 0.462 e. The third-order valence-electron chi connectivity index (χ3n) is 13.1. The number of hydrogen-bond donors (Lipinski definition) is 3. The molecule has 2 unspecified atom stereocenters. The van der Waals surface area contributed by atoms with Crippen LogP contribution in [0.4, 0.5) is 0 Å². The van der Waals surface area contributed by atoms with Gasteiger partial charge in [-0.25, -0.2) is 9.13 Å². The van der Waals surface area contributed by atoms with Crippen molar-refractivity contribution in [2.45, 2.75) is 303 Å². The zero-order chi connectivity index (χ0) is 56.2. The Morgan fingerprint density at radius 2 is 0.526 bits per heavy atom. The predicted octanol–water partition coefficient (Wildman–Crippen LogP) is 15.2.